The zero-order valence-electron chi connectivity index (χ0n) is 22.6. The van der Waals surface area contributed by atoms with Crippen LogP contribution in [-0.4, -0.2) is 54.7 Å². The Balaban J connectivity index is 1.66. The molecule has 9 heteroatoms. The van der Waals surface area contributed by atoms with Gasteiger partial charge in [-0.2, -0.15) is 0 Å². The van der Waals surface area contributed by atoms with Crippen molar-refractivity contribution in [3.63, 3.8) is 0 Å². The lowest BCUT2D eigenvalue weighted by molar-refractivity contribution is -0.143. The van der Waals surface area contributed by atoms with Gasteiger partial charge in [-0.3, -0.25) is 24.1 Å². The summed E-state index contributed by atoms with van der Waals surface area (Å²) in [6.07, 6.45) is 0. The van der Waals surface area contributed by atoms with Crippen LogP contribution in [0.1, 0.15) is 35.3 Å². The van der Waals surface area contributed by atoms with E-state index in [1.165, 1.54) is 24.0 Å². The number of methoxy groups -OCH3 is 2. The number of rotatable bonds is 9. The van der Waals surface area contributed by atoms with Crippen LogP contribution in [0.15, 0.2) is 66.7 Å². The summed E-state index contributed by atoms with van der Waals surface area (Å²) in [5, 5.41) is 2.87. The Morgan fingerprint density at radius 3 is 2.33 bits per heavy atom. The first kappa shape index (κ1) is 27.4. The van der Waals surface area contributed by atoms with Gasteiger partial charge in [0.2, 0.25) is 11.8 Å². The van der Waals surface area contributed by atoms with Crippen LogP contribution in [0.25, 0.3) is 0 Å². The van der Waals surface area contributed by atoms with Gasteiger partial charge >= 0.3 is 0 Å². The summed E-state index contributed by atoms with van der Waals surface area (Å²) in [5.74, 6) is -1.42. The van der Waals surface area contributed by atoms with Gasteiger partial charge in [-0.05, 0) is 56.2 Å². The Morgan fingerprint density at radius 2 is 1.64 bits per heavy atom. The fraction of sp³-hybridized carbons (Fsp3) is 0.267. The molecule has 0 saturated carbocycles. The zero-order chi connectivity index (χ0) is 28.3. The molecular formula is C30H31N3O6. The van der Waals surface area contributed by atoms with Crippen LogP contribution >= 0.6 is 0 Å². The van der Waals surface area contributed by atoms with Crippen molar-refractivity contribution in [3.8, 4) is 11.5 Å². The van der Waals surface area contributed by atoms with E-state index in [2.05, 4.69) is 5.32 Å². The van der Waals surface area contributed by atoms with Crippen molar-refractivity contribution in [3.05, 3.63) is 83.4 Å². The molecular weight excluding hydrogens is 498 g/mol. The van der Waals surface area contributed by atoms with Gasteiger partial charge in [-0.15, -0.1) is 0 Å². The third-order valence-electron chi connectivity index (χ3n) is 6.95. The fourth-order valence-electron chi connectivity index (χ4n) is 4.48. The number of hydrogen-bond donors (Lipinski definition) is 1. The number of ketones is 1. The average molecular weight is 530 g/mol. The summed E-state index contributed by atoms with van der Waals surface area (Å²) in [7, 11) is 3.01. The number of Topliss-reactive ketones (excluding diaryl/α,β-unsaturated/α-hetero) is 1. The molecule has 39 heavy (non-hydrogen) atoms. The number of para-hydroxylation sites is 1. The largest absolute Gasteiger partial charge is 0.497 e. The lowest BCUT2D eigenvalue weighted by Crippen LogP contribution is -2.57. The Morgan fingerprint density at radius 1 is 0.949 bits per heavy atom. The highest BCUT2D eigenvalue weighted by molar-refractivity contribution is 6.52. The number of hydrogen-bond acceptors (Lipinski definition) is 6. The van der Waals surface area contributed by atoms with E-state index in [0.29, 0.717) is 22.9 Å². The van der Waals surface area contributed by atoms with Gasteiger partial charge in [0.15, 0.2) is 0 Å². The van der Waals surface area contributed by atoms with Gasteiger partial charge in [-0.1, -0.05) is 36.4 Å². The number of benzene rings is 3. The number of anilines is 2. The number of ether oxygens (including phenoxy) is 2. The third kappa shape index (κ3) is 5.34. The van der Waals surface area contributed by atoms with Crippen LogP contribution < -0.4 is 19.7 Å². The van der Waals surface area contributed by atoms with Crippen LogP contribution in [0.3, 0.4) is 0 Å². The first-order chi connectivity index (χ1) is 18.6. The molecule has 9 nitrogen and oxygen atoms in total. The molecule has 3 amide bonds. The zero-order valence-corrected chi connectivity index (χ0v) is 22.6. The second-order valence-electron chi connectivity index (χ2n) is 9.72. The van der Waals surface area contributed by atoms with Crippen LogP contribution in [0.4, 0.5) is 11.4 Å². The van der Waals surface area contributed by atoms with Crippen molar-refractivity contribution in [2.75, 3.05) is 31.0 Å². The van der Waals surface area contributed by atoms with E-state index in [1.807, 2.05) is 31.2 Å². The molecule has 0 spiro atoms. The molecule has 1 heterocycles. The van der Waals surface area contributed by atoms with Crippen molar-refractivity contribution in [2.24, 2.45) is 0 Å². The van der Waals surface area contributed by atoms with E-state index in [1.54, 1.807) is 56.3 Å². The minimum Gasteiger partial charge on any atom is -0.497 e. The molecule has 0 bridgehead atoms. The molecule has 4 rings (SSSR count). The van der Waals surface area contributed by atoms with Gasteiger partial charge in [0.05, 0.1) is 31.2 Å². The van der Waals surface area contributed by atoms with Crippen molar-refractivity contribution < 1.29 is 28.7 Å². The summed E-state index contributed by atoms with van der Waals surface area (Å²) >= 11 is 0. The Bertz CT molecular complexity index is 1450. The highest BCUT2D eigenvalue weighted by Crippen LogP contribution is 2.32. The number of carbonyl (C=O) groups is 4. The van der Waals surface area contributed by atoms with Crippen LogP contribution in [0, 0.1) is 6.92 Å². The minimum absolute atomic E-state index is 0.114. The maximum absolute atomic E-state index is 13.9. The number of carbonyl (C=O) groups excluding carboxylic acids is 4. The number of amides is 3. The molecule has 1 aliphatic rings. The molecule has 0 atom stereocenters. The first-order valence-corrected chi connectivity index (χ1v) is 12.4. The fourth-order valence-corrected chi connectivity index (χ4v) is 4.48. The van der Waals surface area contributed by atoms with Crippen LogP contribution in [0.5, 0.6) is 11.5 Å². The molecule has 0 saturated heterocycles. The second kappa shape index (κ2) is 11.0. The molecule has 0 aromatic heterocycles. The molecule has 0 radical (unpaired) electrons. The molecule has 3 aromatic carbocycles. The van der Waals surface area contributed by atoms with Crippen molar-refractivity contribution in [1.82, 2.24) is 4.90 Å². The summed E-state index contributed by atoms with van der Waals surface area (Å²) in [6, 6.07) is 19.1. The molecule has 202 valence electrons. The third-order valence-corrected chi connectivity index (χ3v) is 6.95. The van der Waals surface area contributed by atoms with Gasteiger partial charge in [0.1, 0.15) is 23.6 Å². The maximum Gasteiger partial charge on any atom is 0.299 e. The highest BCUT2D eigenvalue weighted by Gasteiger charge is 2.42. The number of aryl methyl sites for hydroxylation is 1. The molecule has 3 aromatic rings. The average Bonchev–Trinajstić information content (AvgIpc) is 3.17. The first-order valence-electron chi connectivity index (χ1n) is 12.4. The lowest BCUT2D eigenvalue weighted by Gasteiger charge is -2.38. The lowest BCUT2D eigenvalue weighted by atomic mass is 9.98. The van der Waals surface area contributed by atoms with E-state index < -0.39 is 35.6 Å². The van der Waals surface area contributed by atoms with E-state index in [9.17, 15) is 19.2 Å². The molecule has 0 fully saturated rings. The van der Waals surface area contributed by atoms with E-state index in [0.717, 1.165) is 11.1 Å². The Hall–Kier alpha value is -4.66. The quantitative estimate of drug-likeness (QED) is 0.421. The minimum atomic E-state index is -1.36. The van der Waals surface area contributed by atoms with Crippen molar-refractivity contribution >= 4 is 34.9 Å². The molecule has 1 N–H and O–H groups in total. The summed E-state index contributed by atoms with van der Waals surface area (Å²) in [6.45, 7) is 4.92. The Labute approximate surface area is 227 Å². The summed E-state index contributed by atoms with van der Waals surface area (Å²) in [5.41, 5.74) is 1.47. The highest BCUT2D eigenvalue weighted by atomic mass is 16.5. The number of nitrogens with zero attached hydrogens (tertiary/aromatic N) is 2. The normalized spacial score (nSPS) is 12.7. The van der Waals surface area contributed by atoms with Gasteiger partial charge in [0.25, 0.3) is 11.7 Å². The topological polar surface area (TPSA) is 105 Å². The maximum atomic E-state index is 13.9. The van der Waals surface area contributed by atoms with Gasteiger partial charge in [0, 0.05) is 12.6 Å². The molecule has 0 unspecified atom stereocenters. The van der Waals surface area contributed by atoms with Gasteiger partial charge < -0.3 is 19.7 Å². The van der Waals surface area contributed by atoms with Crippen molar-refractivity contribution in [1.29, 1.82) is 0 Å². The van der Waals surface area contributed by atoms with Gasteiger partial charge in [-0.25, -0.2) is 0 Å². The summed E-state index contributed by atoms with van der Waals surface area (Å²) < 4.78 is 10.6. The monoisotopic (exact) mass is 529 g/mol. The molecule has 1 aliphatic heterocycles. The number of nitrogens with one attached hydrogen (secondary N) is 1. The predicted octanol–water partition coefficient (Wildman–Crippen LogP) is 3.99. The second-order valence-corrected chi connectivity index (χ2v) is 9.72. The number of fused-ring (bicyclic) bond motifs is 1. The smallest absolute Gasteiger partial charge is 0.299 e. The standard InChI is InChI=1S/C30H31N3O6/c1-19-10-6-7-11-20(19)17-33(26(34)18-32-24-13-9-8-12-22(24)27(35)28(32)36)30(2,3)29(37)31-23-15-14-21(38-4)16-25(23)39-5/h6-16H,17-18H2,1-5H3,(H,31,37). The molecule has 0 aliphatic carbocycles. The van der Waals surface area contributed by atoms with E-state index in [-0.39, 0.29) is 12.1 Å². The summed E-state index contributed by atoms with van der Waals surface area (Å²) in [4.78, 5) is 55.5. The van der Waals surface area contributed by atoms with Crippen molar-refractivity contribution in [2.45, 2.75) is 32.9 Å². The van der Waals surface area contributed by atoms with E-state index >= 15 is 0 Å². The van der Waals surface area contributed by atoms with Crippen LogP contribution in [-0.2, 0) is 20.9 Å². The van der Waals surface area contributed by atoms with E-state index in [4.69, 9.17) is 9.47 Å². The SMILES string of the molecule is COc1ccc(NC(=O)C(C)(C)N(Cc2ccccc2C)C(=O)CN2C(=O)C(=O)c3ccccc32)c(OC)c1. The van der Waals surface area contributed by atoms with Crippen LogP contribution in [0.2, 0.25) is 0 Å². The predicted molar refractivity (Wildman–Crippen MR) is 147 cm³/mol. The Kier molecular flexibility index (Phi) is 7.71.